The van der Waals surface area contributed by atoms with Gasteiger partial charge in [-0.15, -0.1) is 11.6 Å². The van der Waals surface area contributed by atoms with Crippen molar-refractivity contribution in [3.63, 3.8) is 0 Å². The molecular weight excluding hydrogens is 240 g/mol. The predicted octanol–water partition coefficient (Wildman–Crippen LogP) is 5.33. The van der Waals surface area contributed by atoms with Crippen molar-refractivity contribution in [1.82, 2.24) is 0 Å². The normalized spacial score (nSPS) is 10.7. The first-order chi connectivity index (χ1) is 8.51. The standard InChI is InChI=1S/C17H19Cl/c1-11-5-12(2)7-15(6-11)16-8-13(3)17(10-18)14(4)9-16/h5-9H,10H2,1-4H3. The van der Waals surface area contributed by atoms with Crippen LogP contribution < -0.4 is 0 Å². The van der Waals surface area contributed by atoms with Crippen LogP contribution in [0.2, 0.25) is 0 Å². The summed E-state index contributed by atoms with van der Waals surface area (Å²) in [7, 11) is 0. The molecule has 2 rings (SSSR count). The van der Waals surface area contributed by atoms with E-state index in [1.165, 1.54) is 38.9 Å². The Labute approximate surface area is 115 Å². The summed E-state index contributed by atoms with van der Waals surface area (Å²) in [5, 5.41) is 0. The summed E-state index contributed by atoms with van der Waals surface area (Å²) in [6, 6.07) is 11.2. The molecule has 0 nitrogen and oxygen atoms in total. The topological polar surface area (TPSA) is 0 Å². The largest absolute Gasteiger partial charge is 0.122 e. The second-order valence-electron chi connectivity index (χ2n) is 5.10. The van der Waals surface area contributed by atoms with Gasteiger partial charge >= 0.3 is 0 Å². The molecule has 0 amide bonds. The van der Waals surface area contributed by atoms with Crippen molar-refractivity contribution in [2.45, 2.75) is 33.6 Å². The Hall–Kier alpha value is -1.27. The van der Waals surface area contributed by atoms with Crippen molar-refractivity contribution >= 4 is 11.6 Å². The highest BCUT2D eigenvalue weighted by Crippen LogP contribution is 2.27. The summed E-state index contributed by atoms with van der Waals surface area (Å²) < 4.78 is 0. The molecular formula is C17H19Cl. The van der Waals surface area contributed by atoms with E-state index >= 15 is 0 Å². The highest BCUT2D eigenvalue weighted by molar-refractivity contribution is 6.17. The molecule has 0 aromatic heterocycles. The van der Waals surface area contributed by atoms with Crippen LogP contribution in [-0.4, -0.2) is 0 Å². The van der Waals surface area contributed by atoms with Gasteiger partial charge in [0.2, 0.25) is 0 Å². The minimum absolute atomic E-state index is 0.588. The number of alkyl halides is 1. The zero-order valence-corrected chi connectivity index (χ0v) is 12.2. The molecule has 0 atom stereocenters. The molecule has 0 unspecified atom stereocenters. The molecule has 0 heterocycles. The molecule has 0 saturated heterocycles. The first kappa shape index (κ1) is 13.2. The third-order valence-electron chi connectivity index (χ3n) is 3.38. The van der Waals surface area contributed by atoms with E-state index in [2.05, 4.69) is 58.0 Å². The molecule has 0 N–H and O–H groups in total. The predicted molar refractivity (Wildman–Crippen MR) is 80.4 cm³/mol. The lowest BCUT2D eigenvalue weighted by atomic mass is 9.94. The molecule has 2 aromatic carbocycles. The summed E-state index contributed by atoms with van der Waals surface area (Å²) in [6.45, 7) is 8.56. The molecule has 0 bridgehead atoms. The van der Waals surface area contributed by atoms with E-state index in [0.717, 1.165) is 0 Å². The Morgan fingerprint density at radius 3 is 1.61 bits per heavy atom. The Morgan fingerprint density at radius 2 is 1.17 bits per heavy atom. The first-order valence-electron chi connectivity index (χ1n) is 6.26. The SMILES string of the molecule is Cc1cc(C)cc(-c2cc(C)c(CCl)c(C)c2)c1. The zero-order valence-electron chi connectivity index (χ0n) is 11.5. The fraction of sp³-hybridized carbons (Fsp3) is 0.294. The van der Waals surface area contributed by atoms with Crippen molar-refractivity contribution in [2.75, 3.05) is 0 Å². The van der Waals surface area contributed by atoms with E-state index in [9.17, 15) is 0 Å². The van der Waals surface area contributed by atoms with Gasteiger partial charge < -0.3 is 0 Å². The van der Waals surface area contributed by atoms with Crippen molar-refractivity contribution in [3.05, 3.63) is 58.1 Å². The molecule has 0 aliphatic rings. The third-order valence-corrected chi connectivity index (χ3v) is 3.65. The van der Waals surface area contributed by atoms with Gasteiger partial charge in [-0.25, -0.2) is 0 Å². The van der Waals surface area contributed by atoms with E-state index in [4.69, 9.17) is 11.6 Å². The Bertz CT molecular complexity index is 539. The van der Waals surface area contributed by atoms with Gasteiger partial charge in [0.05, 0.1) is 0 Å². The summed E-state index contributed by atoms with van der Waals surface area (Å²) in [5.41, 5.74) is 9.00. The zero-order chi connectivity index (χ0) is 13.3. The maximum absolute atomic E-state index is 5.99. The molecule has 0 fully saturated rings. The molecule has 18 heavy (non-hydrogen) atoms. The quantitative estimate of drug-likeness (QED) is 0.639. The number of hydrogen-bond acceptors (Lipinski definition) is 0. The number of aryl methyl sites for hydroxylation is 4. The van der Waals surface area contributed by atoms with Crippen molar-refractivity contribution in [3.8, 4) is 11.1 Å². The highest BCUT2D eigenvalue weighted by Gasteiger charge is 2.06. The number of rotatable bonds is 2. The van der Waals surface area contributed by atoms with Gasteiger partial charge in [-0.2, -0.15) is 0 Å². The minimum atomic E-state index is 0.588. The first-order valence-corrected chi connectivity index (χ1v) is 6.79. The molecule has 0 spiro atoms. The Balaban J connectivity index is 2.58. The van der Waals surface area contributed by atoms with Gasteiger partial charge in [-0.3, -0.25) is 0 Å². The van der Waals surface area contributed by atoms with Crippen LogP contribution in [-0.2, 0) is 5.88 Å². The van der Waals surface area contributed by atoms with Gasteiger partial charge in [-0.05, 0) is 55.5 Å². The maximum atomic E-state index is 5.99. The smallest absolute Gasteiger partial charge is 0.0479 e. The maximum Gasteiger partial charge on any atom is 0.0479 e. The van der Waals surface area contributed by atoms with Gasteiger partial charge in [-0.1, -0.05) is 41.5 Å². The van der Waals surface area contributed by atoms with Crippen LogP contribution >= 0.6 is 11.6 Å². The lowest BCUT2D eigenvalue weighted by Crippen LogP contribution is -1.92. The van der Waals surface area contributed by atoms with E-state index in [0.29, 0.717) is 5.88 Å². The Morgan fingerprint density at radius 1 is 0.722 bits per heavy atom. The van der Waals surface area contributed by atoms with Crippen LogP contribution in [0.1, 0.15) is 27.8 Å². The van der Waals surface area contributed by atoms with Crippen LogP contribution in [0.3, 0.4) is 0 Å². The molecule has 0 radical (unpaired) electrons. The van der Waals surface area contributed by atoms with Gasteiger partial charge in [0, 0.05) is 5.88 Å². The van der Waals surface area contributed by atoms with Gasteiger partial charge in [0.15, 0.2) is 0 Å². The van der Waals surface area contributed by atoms with Crippen LogP contribution in [0, 0.1) is 27.7 Å². The third kappa shape index (κ3) is 2.59. The van der Waals surface area contributed by atoms with Gasteiger partial charge in [0.1, 0.15) is 0 Å². The molecule has 0 aliphatic carbocycles. The van der Waals surface area contributed by atoms with Gasteiger partial charge in [0.25, 0.3) is 0 Å². The summed E-state index contributed by atoms with van der Waals surface area (Å²) in [4.78, 5) is 0. The summed E-state index contributed by atoms with van der Waals surface area (Å²) in [6.07, 6.45) is 0. The second-order valence-corrected chi connectivity index (χ2v) is 5.37. The summed E-state index contributed by atoms with van der Waals surface area (Å²) in [5.74, 6) is 0.588. The van der Waals surface area contributed by atoms with Crippen LogP contribution in [0.5, 0.6) is 0 Å². The van der Waals surface area contributed by atoms with E-state index < -0.39 is 0 Å². The lowest BCUT2D eigenvalue weighted by Gasteiger charge is -2.12. The van der Waals surface area contributed by atoms with Crippen LogP contribution in [0.4, 0.5) is 0 Å². The average molecular weight is 259 g/mol. The van der Waals surface area contributed by atoms with Crippen molar-refractivity contribution < 1.29 is 0 Å². The van der Waals surface area contributed by atoms with Crippen LogP contribution in [0.15, 0.2) is 30.3 Å². The highest BCUT2D eigenvalue weighted by atomic mass is 35.5. The Kier molecular flexibility index (Phi) is 3.77. The summed E-state index contributed by atoms with van der Waals surface area (Å²) >= 11 is 5.99. The molecule has 0 aliphatic heterocycles. The van der Waals surface area contributed by atoms with E-state index in [1.54, 1.807) is 0 Å². The lowest BCUT2D eigenvalue weighted by molar-refractivity contribution is 1.23. The van der Waals surface area contributed by atoms with E-state index in [-0.39, 0.29) is 0 Å². The number of benzene rings is 2. The second kappa shape index (κ2) is 5.16. The molecule has 1 heteroatoms. The number of halogens is 1. The van der Waals surface area contributed by atoms with Crippen LogP contribution in [0.25, 0.3) is 11.1 Å². The van der Waals surface area contributed by atoms with Crippen molar-refractivity contribution in [2.24, 2.45) is 0 Å². The van der Waals surface area contributed by atoms with Crippen molar-refractivity contribution in [1.29, 1.82) is 0 Å². The average Bonchev–Trinajstić information content (AvgIpc) is 2.27. The minimum Gasteiger partial charge on any atom is -0.122 e. The molecule has 2 aromatic rings. The monoisotopic (exact) mass is 258 g/mol. The fourth-order valence-corrected chi connectivity index (χ4v) is 2.93. The fourth-order valence-electron chi connectivity index (χ4n) is 2.51. The molecule has 94 valence electrons. The van der Waals surface area contributed by atoms with E-state index in [1.807, 2.05) is 0 Å². The molecule has 0 saturated carbocycles. The number of hydrogen-bond donors (Lipinski definition) is 0.